The van der Waals surface area contributed by atoms with Crippen molar-refractivity contribution in [3.8, 4) is 16.9 Å². The van der Waals surface area contributed by atoms with Gasteiger partial charge in [-0.15, -0.1) is 0 Å². The summed E-state index contributed by atoms with van der Waals surface area (Å²) in [5.41, 5.74) is 3.45. The van der Waals surface area contributed by atoms with Gasteiger partial charge in [0.05, 0.1) is 5.75 Å². The molecular weight excluding hydrogens is 312 g/mol. The predicted molar refractivity (Wildman–Crippen MR) is 88.7 cm³/mol. The van der Waals surface area contributed by atoms with Gasteiger partial charge in [0.2, 0.25) is 11.8 Å². The number of thiocyanates is 1. The zero-order valence-corrected chi connectivity index (χ0v) is 13.1. The van der Waals surface area contributed by atoms with Crippen LogP contribution in [0, 0.1) is 17.6 Å². The van der Waals surface area contributed by atoms with Crippen LogP contribution in [0.1, 0.15) is 5.56 Å². The van der Waals surface area contributed by atoms with Gasteiger partial charge in [0, 0.05) is 17.4 Å². The fraction of sp³-hybridized carbons (Fsp3) is 0.125. The lowest BCUT2D eigenvalue weighted by molar-refractivity contribution is -0.113. The SMILES string of the molecule is Cc1c(NC(=O)CSC#N)cccc1-c1nc2ncccc2o1. The monoisotopic (exact) mass is 324 g/mol. The molecule has 0 aliphatic heterocycles. The van der Waals surface area contributed by atoms with Gasteiger partial charge in [0.1, 0.15) is 5.40 Å². The summed E-state index contributed by atoms with van der Waals surface area (Å²) in [4.78, 5) is 20.3. The number of hydrogen-bond donors (Lipinski definition) is 1. The van der Waals surface area contributed by atoms with Crippen molar-refractivity contribution in [2.45, 2.75) is 6.92 Å². The Bertz CT molecular complexity index is 881. The molecule has 1 aromatic carbocycles. The number of carbonyl (C=O) groups excluding carboxylic acids is 1. The van der Waals surface area contributed by atoms with Gasteiger partial charge < -0.3 is 9.73 Å². The molecule has 0 aliphatic carbocycles. The summed E-state index contributed by atoms with van der Waals surface area (Å²) in [6, 6.07) is 9.08. The Morgan fingerprint density at radius 1 is 1.39 bits per heavy atom. The third-order valence-electron chi connectivity index (χ3n) is 3.27. The van der Waals surface area contributed by atoms with Gasteiger partial charge in [-0.25, -0.2) is 4.98 Å². The zero-order chi connectivity index (χ0) is 16.2. The first-order valence-corrected chi connectivity index (χ1v) is 7.80. The molecule has 6 nitrogen and oxygen atoms in total. The van der Waals surface area contributed by atoms with Crippen molar-refractivity contribution in [3.63, 3.8) is 0 Å². The van der Waals surface area contributed by atoms with Crippen molar-refractivity contribution < 1.29 is 9.21 Å². The highest BCUT2D eigenvalue weighted by Gasteiger charge is 2.14. The average molecular weight is 324 g/mol. The first-order chi connectivity index (χ1) is 11.2. The molecule has 114 valence electrons. The number of oxazole rings is 1. The van der Waals surface area contributed by atoms with Crippen molar-refractivity contribution in [1.82, 2.24) is 9.97 Å². The van der Waals surface area contributed by atoms with Crippen LogP contribution in [0.4, 0.5) is 5.69 Å². The second kappa shape index (κ2) is 6.50. The highest BCUT2D eigenvalue weighted by atomic mass is 32.2. The molecular formula is C16H12N4O2S. The third kappa shape index (κ3) is 3.17. The first kappa shape index (κ1) is 15.1. The number of rotatable bonds is 4. The molecule has 1 N–H and O–H groups in total. The summed E-state index contributed by atoms with van der Waals surface area (Å²) >= 11 is 0.899. The molecule has 0 saturated heterocycles. The summed E-state index contributed by atoms with van der Waals surface area (Å²) in [5.74, 6) is 0.321. The van der Waals surface area contributed by atoms with Gasteiger partial charge in [-0.2, -0.15) is 10.2 Å². The quantitative estimate of drug-likeness (QED) is 0.740. The molecule has 3 aromatic rings. The van der Waals surface area contributed by atoms with E-state index in [4.69, 9.17) is 9.68 Å². The fourth-order valence-electron chi connectivity index (χ4n) is 2.17. The summed E-state index contributed by atoms with van der Waals surface area (Å²) in [6.45, 7) is 1.88. The van der Waals surface area contributed by atoms with E-state index < -0.39 is 0 Å². The van der Waals surface area contributed by atoms with E-state index in [1.807, 2.05) is 24.5 Å². The van der Waals surface area contributed by atoms with Crippen LogP contribution in [0.25, 0.3) is 22.7 Å². The number of nitriles is 1. The van der Waals surface area contributed by atoms with Crippen molar-refractivity contribution in [3.05, 3.63) is 42.1 Å². The molecule has 0 bridgehead atoms. The third-order valence-corrected chi connectivity index (χ3v) is 3.81. The lowest BCUT2D eigenvalue weighted by atomic mass is 10.1. The Balaban J connectivity index is 1.93. The minimum absolute atomic E-state index is 0.0903. The minimum atomic E-state index is -0.226. The van der Waals surface area contributed by atoms with Gasteiger partial charge in [0.25, 0.3) is 0 Å². The number of thioether (sulfide) groups is 1. The molecule has 2 heterocycles. The zero-order valence-electron chi connectivity index (χ0n) is 12.2. The normalized spacial score (nSPS) is 10.4. The standard InChI is InChI=1S/C16H12N4O2S/c1-10-11(16-20-15-13(22-16)6-3-7-18-15)4-2-5-12(10)19-14(21)8-23-9-17/h2-7H,8H2,1H3,(H,19,21). The highest BCUT2D eigenvalue weighted by molar-refractivity contribution is 8.04. The number of hydrogen-bond acceptors (Lipinski definition) is 6. The molecule has 0 unspecified atom stereocenters. The number of benzene rings is 1. The lowest BCUT2D eigenvalue weighted by Gasteiger charge is -2.10. The Morgan fingerprint density at radius 3 is 3.04 bits per heavy atom. The molecule has 1 amide bonds. The molecule has 0 spiro atoms. The summed E-state index contributed by atoms with van der Waals surface area (Å²) in [5, 5.41) is 13.2. The lowest BCUT2D eigenvalue weighted by Crippen LogP contribution is -2.14. The predicted octanol–water partition coefficient (Wildman–Crippen LogP) is 3.35. The molecule has 0 atom stereocenters. The number of anilines is 1. The number of pyridine rings is 1. The molecule has 23 heavy (non-hydrogen) atoms. The fourth-order valence-corrected chi connectivity index (χ4v) is 2.44. The number of nitrogens with one attached hydrogen (secondary N) is 1. The molecule has 0 aliphatic rings. The molecule has 3 rings (SSSR count). The van der Waals surface area contributed by atoms with E-state index in [1.54, 1.807) is 24.4 Å². The van der Waals surface area contributed by atoms with E-state index in [0.29, 0.717) is 22.8 Å². The summed E-state index contributed by atoms with van der Waals surface area (Å²) in [6.07, 6.45) is 1.66. The van der Waals surface area contributed by atoms with Crippen molar-refractivity contribution in [2.75, 3.05) is 11.1 Å². The molecule has 0 radical (unpaired) electrons. The van der Waals surface area contributed by atoms with E-state index in [1.165, 1.54) is 0 Å². The van der Waals surface area contributed by atoms with Crippen molar-refractivity contribution >= 4 is 34.6 Å². The van der Waals surface area contributed by atoms with Crippen LogP contribution in [-0.2, 0) is 4.79 Å². The van der Waals surface area contributed by atoms with E-state index >= 15 is 0 Å². The summed E-state index contributed by atoms with van der Waals surface area (Å²) in [7, 11) is 0. The van der Waals surface area contributed by atoms with Crippen LogP contribution in [0.15, 0.2) is 40.9 Å². The molecule has 2 aromatic heterocycles. The molecule has 0 fully saturated rings. The van der Waals surface area contributed by atoms with Crippen molar-refractivity contribution in [1.29, 1.82) is 5.26 Å². The molecule has 0 saturated carbocycles. The van der Waals surface area contributed by atoms with Crippen LogP contribution in [-0.4, -0.2) is 21.6 Å². The van der Waals surface area contributed by atoms with Gasteiger partial charge in [-0.3, -0.25) is 4.79 Å². The van der Waals surface area contributed by atoms with E-state index in [-0.39, 0.29) is 11.7 Å². The van der Waals surface area contributed by atoms with E-state index in [9.17, 15) is 4.79 Å². The van der Waals surface area contributed by atoms with E-state index in [2.05, 4.69) is 15.3 Å². The van der Waals surface area contributed by atoms with Crippen LogP contribution >= 0.6 is 11.8 Å². The van der Waals surface area contributed by atoms with Gasteiger partial charge in [-0.1, -0.05) is 6.07 Å². The van der Waals surface area contributed by atoms with E-state index in [0.717, 1.165) is 22.9 Å². The van der Waals surface area contributed by atoms with Crippen LogP contribution in [0.5, 0.6) is 0 Å². The maximum absolute atomic E-state index is 11.8. The number of nitrogens with zero attached hydrogens (tertiary/aromatic N) is 3. The maximum Gasteiger partial charge on any atom is 0.235 e. The van der Waals surface area contributed by atoms with Crippen molar-refractivity contribution in [2.24, 2.45) is 0 Å². The smallest absolute Gasteiger partial charge is 0.235 e. The average Bonchev–Trinajstić information content (AvgIpc) is 2.98. The van der Waals surface area contributed by atoms with Gasteiger partial charge in [-0.05, 0) is 48.5 Å². The number of aromatic nitrogens is 2. The maximum atomic E-state index is 11.8. The van der Waals surface area contributed by atoms with Gasteiger partial charge in [0.15, 0.2) is 11.2 Å². The number of amides is 1. The minimum Gasteiger partial charge on any atom is -0.434 e. The van der Waals surface area contributed by atoms with Crippen LogP contribution < -0.4 is 5.32 Å². The Morgan fingerprint density at radius 2 is 2.26 bits per heavy atom. The second-order valence-electron chi connectivity index (χ2n) is 4.75. The first-order valence-electron chi connectivity index (χ1n) is 6.81. The second-order valence-corrected chi connectivity index (χ2v) is 5.51. The Hall–Kier alpha value is -2.85. The number of carbonyl (C=O) groups is 1. The Labute approximate surface area is 136 Å². The Kier molecular flexibility index (Phi) is 4.26. The molecule has 7 heteroatoms. The largest absolute Gasteiger partial charge is 0.434 e. The van der Waals surface area contributed by atoms with Crippen LogP contribution in [0.2, 0.25) is 0 Å². The van der Waals surface area contributed by atoms with Gasteiger partial charge >= 0.3 is 0 Å². The number of fused-ring (bicyclic) bond motifs is 1. The topological polar surface area (TPSA) is 91.8 Å². The summed E-state index contributed by atoms with van der Waals surface area (Å²) < 4.78 is 5.73. The van der Waals surface area contributed by atoms with Crippen LogP contribution in [0.3, 0.4) is 0 Å². The highest BCUT2D eigenvalue weighted by Crippen LogP contribution is 2.29.